The number of halogens is 3. The average Bonchev–Trinajstić information content (AvgIpc) is 2.85. The molecule has 1 heterocycles. The largest absolute Gasteiger partial charge is 0.369 e. The molecule has 0 atom stereocenters. The molecule has 112 valence electrons. The van der Waals surface area contributed by atoms with Gasteiger partial charge in [0.2, 0.25) is 5.96 Å². The van der Waals surface area contributed by atoms with Crippen molar-refractivity contribution in [2.75, 3.05) is 13.1 Å². The van der Waals surface area contributed by atoms with E-state index >= 15 is 0 Å². The van der Waals surface area contributed by atoms with Crippen molar-refractivity contribution in [3.8, 4) is 0 Å². The number of rotatable bonds is 1. The Morgan fingerprint density at radius 3 is 2.15 bits per heavy atom. The fourth-order valence-electron chi connectivity index (χ4n) is 1.81. The molecule has 0 bridgehead atoms. The fourth-order valence-corrected chi connectivity index (χ4v) is 1.93. The monoisotopic (exact) mass is 337 g/mol. The summed E-state index contributed by atoms with van der Waals surface area (Å²) in [7, 11) is 0. The molecule has 0 radical (unpaired) electrons. The van der Waals surface area contributed by atoms with Crippen molar-refractivity contribution in [3.63, 3.8) is 0 Å². The first-order chi connectivity index (χ1) is 8.65. The number of nitrogens with zero attached hydrogens (tertiary/aromatic N) is 3. The number of hydrogen-bond donors (Lipinski definition) is 2. The summed E-state index contributed by atoms with van der Waals surface area (Å²) in [5, 5.41) is 0.660. The van der Waals surface area contributed by atoms with Gasteiger partial charge in [0.25, 0.3) is 0 Å². The first-order valence-electron chi connectivity index (χ1n) is 5.84. The summed E-state index contributed by atoms with van der Waals surface area (Å²) in [5.74, 6) is 0.587. The van der Waals surface area contributed by atoms with Crippen LogP contribution in [-0.2, 0) is 0 Å². The van der Waals surface area contributed by atoms with Crippen LogP contribution in [-0.4, -0.2) is 29.9 Å². The molecule has 0 spiro atoms. The van der Waals surface area contributed by atoms with Gasteiger partial charge in [-0.3, -0.25) is 0 Å². The minimum atomic E-state index is 0. The Morgan fingerprint density at radius 1 is 1.05 bits per heavy atom. The van der Waals surface area contributed by atoms with E-state index in [9.17, 15) is 0 Å². The van der Waals surface area contributed by atoms with Crippen LogP contribution in [0, 0.1) is 0 Å². The third-order valence-electron chi connectivity index (χ3n) is 2.73. The molecule has 1 saturated heterocycles. The van der Waals surface area contributed by atoms with Crippen molar-refractivity contribution in [2.45, 2.75) is 12.8 Å². The second kappa shape index (κ2) is 8.89. The van der Waals surface area contributed by atoms with Crippen LogP contribution >= 0.6 is 36.4 Å². The molecule has 0 aromatic heterocycles. The summed E-state index contributed by atoms with van der Waals surface area (Å²) >= 11 is 5.78. The lowest BCUT2D eigenvalue weighted by molar-refractivity contribution is 0.514. The quantitative estimate of drug-likeness (QED) is 0.610. The maximum Gasteiger partial charge on any atom is 0.223 e. The van der Waals surface area contributed by atoms with Crippen LogP contribution in [0.3, 0.4) is 0 Å². The number of guanidine groups is 2. The molecule has 1 aliphatic heterocycles. The molecule has 0 aliphatic carbocycles. The SMILES string of the molecule is Cl.Cl.NC(=Nc1ccc(Cl)cc1)/N=C(/N)N1CCCC1. The van der Waals surface area contributed by atoms with Crippen LogP contribution in [0.4, 0.5) is 5.69 Å². The Kier molecular flexibility index (Phi) is 8.37. The van der Waals surface area contributed by atoms with E-state index in [0.29, 0.717) is 16.7 Å². The zero-order valence-corrected chi connectivity index (χ0v) is 13.2. The van der Waals surface area contributed by atoms with Gasteiger partial charge < -0.3 is 16.4 Å². The Morgan fingerprint density at radius 2 is 1.60 bits per heavy atom. The normalized spacial score (nSPS) is 15.6. The van der Waals surface area contributed by atoms with Crippen molar-refractivity contribution in [1.29, 1.82) is 0 Å². The molecular weight excluding hydrogens is 321 g/mol. The van der Waals surface area contributed by atoms with Crippen LogP contribution in [0.1, 0.15) is 12.8 Å². The van der Waals surface area contributed by atoms with Gasteiger partial charge in [0.15, 0.2) is 5.96 Å². The molecule has 2 rings (SSSR count). The highest BCUT2D eigenvalue weighted by molar-refractivity contribution is 6.30. The summed E-state index contributed by atoms with van der Waals surface area (Å²) < 4.78 is 0. The lowest BCUT2D eigenvalue weighted by atomic mass is 10.3. The summed E-state index contributed by atoms with van der Waals surface area (Å²) in [6.07, 6.45) is 2.29. The molecule has 0 saturated carbocycles. The summed E-state index contributed by atoms with van der Waals surface area (Å²) in [6, 6.07) is 7.05. The maximum atomic E-state index is 5.85. The van der Waals surface area contributed by atoms with Gasteiger partial charge in [-0.1, -0.05) is 11.6 Å². The standard InChI is InChI=1S/C12H16ClN5.2ClH/c13-9-3-5-10(6-4-9)16-11(14)17-12(15)18-7-1-2-8-18;;/h3-6H,1-2,7-8H2,(H4,14,15,16,17);2*1H. The first-order valence-corrected chi connectivity index (χ1v) is 6.22. The molecule has 1 aliphatic rings. The first kappa shape index (κ1) is 18.8. The summed E-state index contributed by atoms with van der Waals surface area (Å²) in [4.78, 5) is 10.2. The average molecular weight is 339 g/mol. The van der Waals surface area contributed by atoms with Gasteiger partial charge >= 0.3 is 0 Å². The highest BCUT2D eigenvalue weighted by atomic mass is 35.5. The van der Waals surface area contributed by atoms with Crippen LogP contribution < -0.4 is 11.5 Å². The number of aliphatic imine (C=N–C) groups is 2. The van der Waals surface area contributed by atoms with E-state index in [4.69, 9.17) is 23.1 Å². The Hall–Kier alpha value is -1.17. The predicted molar refractivity (Wildman–Crippen MR) is 89.7 cm³/mol. The van der Waals surface area contributed by atoms with Gasteiger partial charge in [0.1, 0.15) is 0 Å². The third-order valence-corrected chi connectivity index (χ3v) is 2.98. The Balaban J connectivity index is 0.00000180. The zero-order valence-electron chi connectivity index (χ0n) is 10.8. The zero-order chi connectivity index (χ0) is 13.0. The fraction of sp³-hybridized carbons (Fsp3) is 0.333. The minimum absolute atomic E-state index is 0. The smallest absolute Gasteiger partial charge is 0.223 e. The second-order valence-electron chi connectivity index (χ2n) is 4.11. The number of hydrogen-bond acceptors (Lipinski definition) is 1. The molecule has 1 aromatic carbocycles. The lowest BCUT2D eigenvalue weighted by Crippen LogP contribution is -2.36. The molecule has 1 aromatic rings. The molecule has 0 amide bonds. The molecule has 20 heavy (non-hydrogen) atoms. The van der Waals surface area contributed by atoms with Gasteiger partial charge in [-0.25, -0.2) is 4.99 Å². The van der Waals surface area contributed by atoms with Crippen molar-refractivity contribution < 1.29 is 0 Å². The highest BCUT2D eigenvalue weighted by Gasteiger charge is 2.13. The predicted octanol–water partition coefficient (Wildman–Crippen LogP) is 2.54. The van der Waals surface area contributed by atoms with E-state index in [2.05, 4.69) is 9.98 Å². The van der Waals surface area contributed by atoms with Gasteiger partial charge in [-0.15, -0.1) is 24.8 Å². The molecular formula is C12H18Cl3N5. The van der Waals surface area contributed by atoms with E-state index in [0.717, 1.165) is 25.9 Å². The van der Waals surface area contributed by atoms with Gasteiger partial charge in [-0.05, 0) is 37.1 Å². The second-order valence-corrected chi connectivity index (χ2v) is 4.55. The van der Waals surface area contributed by atoms with E-state index < -0.39 is 0 Å². The molecule has 5 nitrogen and oxygen atoms in total. The van der Waals surface area contributed by atoms with E-state index in [1.165, 1.54) is 0 Å². The van der Waals surface area contributed by atoms with Crippen LogP contribution in [0.2, 0.25) is 5.02 Å². The van der Waals surface area contributed by atoms with Crippen molar-refractivity contribution >= 4 is 54.0 Å². The van der Waals surface area contributed by atoms with Crippen LogP contribution in [0.5, 0.6) is 0 Å². The topological polar surface area (TPSA) is 80.0 Å². The van der Waals surface area contributed by atoms with E-state index in [1.54, 1.807) is 24.3 Å². The number of benzene rings is 1. The number of nitrogens with two attached hydrogens (primary N) is 2. The molecule has 1 fully saturated rings. The van der Waals surface area contributed by atoms with Gasteiger partial charge in [0.05, 0.1) is 5.69 Å². The van der Waals surface area contributed by atoms with Crippen molar-refractivity contribution in [2.24, 2.45) is 21.5 Å². The van der Waals surface area contributed by atoms with Crippen LogP contribution in [0.15, 0.2) is 34.3 Å². The van der Waals surface area contributed by atoms with Crippen molar-refractivity contribution in [1.82, 2.24) is 4.90 Å². The minimum Gasteiger partial charge on any atom is -0.369 e. The number of likely N-dealkylation sites (tertiary alicyclic amines) is 1. The summed E-state index contributed by atoms with van der Waals surface area (Å²) in [6.45, 7) is 1.87. The Labute approximate surface area is 135 Å². The van der Waals surface area contributed by atoms with Gasteiger partial charge in [0, 0.05) is 18.1 Å². The van der Waals surface area contributed by atoms with Crippen LogP contribution in [0.25, 0.3) is 0 Å². The van der Waals surface area contributed by atoms with Gasteiger partial charge in [-0.2, -0.15) is 4.99 Å². The molecule has 8 heteroatoms. The Bertz CT molecular complexity index is 466. The van der Waals surface area contributed by atoms with E-state index in [1.807, 2.05) is 4.90 Å². The van der Waals surface area contributed by atoms with Crippen molar-refractivity contribution in [3.05, 3.63) is 29.3 Å². The summed E-state index contributed by atoms with van der Waals surface area (Å²) in [5.41, 5.74) is 12.3. The molecule has 0 unspecified atom stereocenters. The maximum absolute atomic E-state index is 5.85. The third kappa shape index (κ3) is 5.45. The lowest BCUT2D eigenvalue weighted by Gasteiger charge is -2.15. The molecule has 4 N–H and O–H groups in total. The van der Waals surface area contributed by atoms with E-state index in [-0.39, 0.29) is 30.8 Å². The highest BCUT2D eigenvalue weighted by Crippen LogP contribution is 2.16.